The zero-order chi connectivity index (χ0) is 30.0. The molecule has 0 spiro atoms. The van der Waals surface area contributed by atoms with E-state index in [-0.39, 0.29) is 22.6 Å². The number of benzene rings is 2. The number of rotatable bonds is 3. The number of fused-ring (bicyclic) bond motifs is 2. The van der Waals surface area contributed by atoms with E-state index in [2.05, 4.69) is 27.0 Å². The second-order valence-corrected chi connectivity index (χ2v) is 9.16. The number of amides is 1. The predicted molar refractivity (Wildman–Crippen MR) is 154 cm³/mol. The van der Waals surface area contributed by atoms with Crippen LogP contribution in [0.1, 0.15) is 34.1 Å². The zero-order valence-corrected chi connectivity index (χ0v) is 22.5. The Kier molecular flexibility index (Phi) is 7.49. The maximum Gasteiger partial charge on any atom is 0.264 e. The number of carbonyl (C=O) groups is 1. The number of nitrogens with zero attached hydrogens (tertiary/aromatic N) is 6. The summed E-state index contributed by atoms with van der Waals surface area (Å²) in [5.41, 5.74) is 13.1. The number of hydrogen-bond acceptors (Lipinski definition) is 6. The summed E-state index contributed by atoms with van der Waals surface area (Å²) in [6.45, 7) is 1.91. The fraction of sp³-hybridized carbons (Fsp3) is 0.100. The number of anilines is 1. The van der Waals surface area contributed by atoms with Gasteiger partial charge in [-0.05, 0) is 42.1 Å². The van der Waals surface area contributed by atoms with Gasteiger partial charge in [-0.25, -0.2) is 18.3 Å². The molecular weight excluding hydrogens is 542 g/mol. The molecule has 0 unspecified atom stereocenters. The lowest BCUT2D eigenvalue weighted by atomic mass is 10.0. The summed E-state index contributed by atoms with van der Waals surface area (Å²) in [6.07, 6.45) is 7.17. The summed E-state index contributed by atoms with van der Waals surface area (Å²) in [7, 11) is 1.80. The summed E-state index contributed by atoms with van der Waals surface area (Å²) < 4.78 is 31.7. The van der Waals surface area contributed by atoms with Gasteiger partial charge in [-0.1, -0.05) is 30.9 Å². The Morgan fingerprint density at radius 2 is 1.88 bits per heavy atom. The molecule has 4 heterocycles. The topological polar surface area (TPSA) is 139 Å². The summed E-state index contributed by atoms with van der Waals surface area (Å²) >= 11 is 0. The van der Waals surface area contributed by atoms with Gasteiger partial charge in [-0.15, -0.1) is 5.10 Å². The molecule has 0 fully saturated rings. The number of hydrogen-bond donors (Lipinski definition) is 2. The molecule has 0 radical (unpaired) electrons. The Bertz CT molecular complexity index is 2100. The fourth-order valence-corrected chi connectivity index (χ4v) is 4.45. The molecule has 4 aromatic heterocycles. The van der Waals surface area contributed by atoms with E-state index in [1.807, 2.05) is 25.1 Å². The van der Waals surface area contributed by atoms with Crippen LogP contribution in [0.4, 0.5) is 14.6 Å². The molecule has 0 saturated carbocycles. The molecule has 0 atom stereocenters. The number of aryl methyl sites for hydroxylation is 2. The van der Waals surface area contributed by atoms with Crippen molar-refractivity contribution in [3.05, 3.63) is 118 Å². The molecule has 210 valence electrons. The van der Waals surface area contributed by atoms with Gasteiger partial charge in [0.2, 0.25) is 0 Å². The molecule has 0 aliphatic carbocycles. The van der Waals surface area contributed by atoms with E-state index in [4.69, 9.17) is 11.5 Å². The van der Waals surface area contributed by atoms with E-state index in [0.717, 1.165) is 23.1 Å². The number of aromatic nitrogens is 6. The quantitative estimate of drug-likeness (QED) is 0.315. The molecule has 6 rings (SSSR count). The first-order valence-corrected chi connectivity index (χ1v) is 12.7. The number of nitrogen functional groups attached to an aromatic ring is 1. The van der Waals surface area contributed by atoms with E-state index >= 15 is 0 Å². The van der Waals surface area contributed by atoms with Gasteiger partial charge in [0.1, 0.15) is 5.56 Å². The average molecular weight is 567 g/mol. The van der Waals surface area contributed by atoms with Gasteiger partial charge in [0, 0.05) is 43.0 Å². The van der Waals surface area contributed by atoms with Crippen LogP contribution in [-0.4, -0.2) is 34.9 Å². The third kappa shape index (κ3) is 5.31. The van der Waals surface area contributed by atoms with Crippen LogP contribution >= 0.6 is 0 Å². The van der Waals surface area contributed by atoms with Crippen molar-refractivity contribution in [2.45, 2.75) is 13.3 Å². The molecule has 12 heteroatoms. The lowest BCUT2D eigenvalue weighted by Crippen LogP contribution is -2.22. The Morgan fingerprint density at radius 1 is 1.07 bits per heavy atom. The van der Waals surface area contributed by atoms with E-state index < -0.39 is 17.5 Å². The zero-order valence-electron chi connectivity index (χ0n) is 22.5. The highest BCUT2D eigenvalue weighted by molar-refractivity contribution is 6.03. The number of nitrogens with two attached hydrogens (primary N) is 2. The van der Waals surface area contributed by atoms with Gasteiger partial charge in [-0.3, -0.25) is 18.8 Å². The van der Waals surface area contributed by atoms with Crippen LogP contribution in [0.15, 0.2) is 78.1 Å². The van der Waals surface area contributed by atoms with Gasteiger partial charge in [0.05, 0.1) is 22.8 Å². The lowest BCUT2D eigenvalue weighted by molar-refractivity contribution is 0.100. The van der Waals surface area contributed by atoms with Crippen LogP contribution in [0.3, 0.4) is 0 Å². The summed E-state index contributed by atoms with van der Waals surface area (Å²) in [5, 5.41) is 9.14. The minimum absolute atomic E-state index is 0.103. The van der Waals surface area contributed by atoms with Crippen LogP contribution in [-0.2, 0) is 13.5 Å². The molecule has 2 aromatic carbocycles. The second kappa shape index (κ2) is 11.3. The van der Waals surface area contributed by atoms with Crippen molar-refractivity contribution < 1.29 is 13.6 Å². The summed E-state index contributed by atoms with van der Waals surface area (Å²) in [4.78, 5) is 28.3. The first-order valence-electron chi connectivity index (χ1n) is 12.7. The highest BCUT2D eigenvalue weighted by Crippen LogP contribution is 2.21. The molecule has 0 aliphatic rings. The third-order valence-corrected chi connectivity index (χ3v) is 6.36. The third-order valence-electron chi connectivity index (χ3n) is 6.36. The van der Waals surface area contributed by atoms with Crippen LogP contribution in [0.2, 0.25) is 0 Å². The molecule has 0 aliphatic heterocycles. The molecule has 0 saturated heterocycles. The van der Waals surface area contributed by atoms with Crippen molar-refractivity contribution in [3.63, 3.8) is 0 Å². The van der Waals surface area contributed by atoms with Crippen molar-refractivity contribution >= 4 is 28.1 Å². The van der Waals surface area contributed by atoms with E-state index in [1.165, 1.54) is 15.1 Å². The first-order chi connectivity index (χ1) is 20.2. The minimum atomic E-state index is -0.999. The minimum Gasteiger partial charge on any atom is -0.381 e. The van der Waals surface area contributed by atoms with E-state index in [1.54, 1.807) is 48.6 Å². The van der Waals surface area contributed by atoms with Crippen LogP contribution in [0, 0.1) is 23.5 Å². The number of primary amides is 1. The van der Waals surface area contributed by atoms with Crippen LogP contribution < -0.4 is 17.0 Å². The van der Waals surface area contributed by atoms with E-state index in [9.17, 15) is 18.4 Å². The van der Waals surface area contributed by atoms with Crippen LogP contribution in [0.5, 0.6) is 0 Å². The number of carbonyl (C=O) groups excluding carboxylic acids is 1. The van der Waals surface area contributed by atoms with Gasteiger partial charge >= 0.3 is 0 Å². The van der Waals surface area contributed by atoms with Crippen molar-refractivity contribution in [1.82, 2.24) is 28.9 Å². The van der Waals surface area contributed by atoms with Crippen molar-refractivity contribution in [2.75, 3.05) is 5.73 Å². The molecule has 10 nitrogen and oxygen atoms in total. The molecule has 42 heavy (non-hydrogen) atoms. The fourth-order valence-electron chi connectivity index (χ4n) is 4.45. The Hall–Kier alpha value is -5.83. The molecule has 0 bridgehead atoms. The van der Waals surface area contributed by atoms with Crippen molar-refractivity contribution in [2.24, 2.45) is 12.8 Å². The molecule has 4 N–H and O–H groups in total. The maximum atomic E-state index is 13.8. The highest BCUT2D eigenvalue weighted by atomic mass is 19.2. The monoisotopic (exact) mass is 566 g/mol. The van der Waals surface area contributed by atoms with E-state index in [0.29, 0.717) is 28.7 Å². The lowest BCUT2D eigenvalue weighted by Gasteiger charge is -2.14. The Labute approximate surface area is 237 Å². The Balaban J connectivity index is 0.000000226. The first kappa shape index (κ1) is 27.7. The largest absolute Gasteiger partial charge is 0.381 e. The van der Waals surface area contributed by atoms with Crippen molar-refractivity contribution in [1.29, 1.82) is 0 Å². The summed E-state index contributed by atoms with van der Waals surface area (Å²) in [6, 6.07) is 12.5. The molecule has 6 aromatic rings. The normalized spacial score (nSPS) is 10.7. The molecule has 1 amide bonds. The number of pyridine rings is 1. The highest BCUT2D eigenvalue weighted by Gasteiger charge is 2.16. The van der Waals surface area contributed by atoms with Gasteiger partial charge < -0.3 is 11.5 Å². The maximum absolute atomic E-state index is 13.8. The number of halogens is 2. The van der Waals surface area contributed by atoms with Crippen LogP contribution in [0.25, 0.3) is 22.1 Å². The predicted octanol–water partition coefficient (Wildman–Crippen LogP) is 3.38. The standard InChI is InChI=1S/C23H17F2N3O.C7H7N5O/c1-3-18-11-17-6-4-5-16(8-7-15-13-26-27(2)14-15)22(17)23(29)28(18)19-9-10-20(24)21(25)12-19;8-5-4(6(9)13)7-10-2-1-3-12(7)11-5/h4-6,9-14H,3H2,1-2H3;1-3H,(H2,8,11)(H2,9,13). The van der Waals surface area contributed by atoms with Crippen molar-refractivity contribution in [3.8, 4) is 17.5 Å². The molecular formula is C30H24F2N8O2. The average Bonchev–Trinajstić information content (AvgIpc) is 3.55. The van der Waals surface area contributed by atoms with Gasteiger partial charge in [0.15, 0.2) is 23.1 Å². The van der Waals surface area contributed by atoms with Gasteiger partial charge in [-0.2, -0.15) is 5.10 Å². The van der Waals surface area contributed by atoms with Gasteiger partial charge in [0.25, 0.3) is 11.5 Å². The second-order valence-electron chi connectivity index (χ2n) is 9.16. The SMILES string of the molecule is CCc1cc2cccc(C#Cc3cnn(C)c3)c2c(=O)n1-c1ccc(F)c(F)c1.NC(=O)c1c(N)nn2cccnc12. The Morgan fingerprint density at radius 3 is 2.57 bits per heavy atom. The summed E-state index contributed by atoms with van der Waals surface area (Å²) in [5.74, 6) is 3.59. The smallest absolute Gasteiger partial charge is 0.264 e.